The van der Waals surface area contributed by atoms with Crippen molar-refractivity contribution < 1.29 is 5.11 Å². The summed E-state index contributed by atoms with van der Waals surface area (Å²) in [5.74, 6) is 0.285. The minimum atomic E-state index is 0.0635. The SMILES string of the molecule is C/C(O)=C(\C=C\C(C)(C)C)n1cnc2c1C=CCC=C2.C=CC.CC.CC.CCBr. The smallest absolute Gasteiger partial charge is 0.113 e. The zero-order valence-electron chi connectivity index (χ0n) is 21.0. The number of rotatable bonds is 2. The number of nitrogens with zero attached hydrogens (tertiary/aromatic N) is 2. The van der Waals surface area contributed by atoms with Crippen molar-refractivity contribution in [2.45, 2.75) is 75.7 Å². The van der Waals surface area contributed by atoms with Gasteiger partial charge in [0.2, 0.25) is 0 Å². The molecule has 1 N–H and O–H groups in total. The third kappa shape index (κ3) is 15.1. The normalized spacial score (nSPS) is 12.2. The molecule has 0 bridgehead atoms. The van der Waals surface area contributed by atoms with Crippen molar-refractivity contribution in [2.75, 3.05) is 5.33 Å². The van der Waals surface area contributed by atoms with Crippen molar-refractivity contribution >= 4 is 33.8 Å². The van der Waals surface area contributed by atoms with Gasteiger partial charge in [-0.15, -0.1) is 6.58 Å². The number of allylic oxidation sites excluding steroid dienone is 7. The molecule has 0 amide bonds. The average molecular weight is 482 g/mol. The highest BCUT2D eigenvalue weighted by Crippen LogP contribution is 2.24. The fourth-order valence-corrected chi connectivity index (χ4v) is 2.00. The molecule has 0 atom stereocenters. The minimum absolute atomic E-state index is 0.0635. The molecule has 0 spiro atoms. The summed E-state index contributed by atoms with van der Waals surface area (Å²) in [6.07, 6.45) is 16.7. The molecule has 1 aromatic rings. The summed E-state index contributed by atoms with van der Waals surface area (Å²) in [5.41, 5.74) is 2.75. The Bertz CT molecular complexity index is 668. The van der Waals surface area contributed by atoms with Crippen LogP contribution in [0.2, 0.25) is 0 Å². The van der Waals surface area contributed by atoms with E-state index in [0.29, 0.717) is 0 Å². The molecule has 0 aromatic carbocycles. The van der Waals surface area contributed by atoms with Crippen LogP contribution in [0, 0.1) is 5.41 Å². The highest BCUT2D eigenvalue weighted by Gasteiger charge is 2.13. The van der Waals surface area contributed by atoms with Crippen LogP contribution in [0.25, 0.3) is 17.8 Å². The Hall–Kier alpha value is -1.81. The summed E-state index contributed by atoms with van der Waals surface area (Å²) in [6.45, 7) is 23.4. The van der Waals surface area contributed by atoms with Gasteiger partial charge < -0.3 is 5.11 Å². The number of aliphatic hydroxyl groups excluding tert-OH is 1. The largest absolute Gasteiger partial charge is 0.510 e. The number of halogens is 1. The lowest BCUT2D eigenvalue weighted by molar-refractivity contribution is 0.414. The molecule has 4 heteroatoms. The summed E-state index contributed by atoms with van der Waals surface area (Å²) >= 11 is 3.15. The van der Waals surface area contributed by atoms with E-state index < -0.39 is 0 Å². The lowest BCUT2D eigenvalue weighted by Crippen LogP contribution is -2.03. The first-order valence-corrected chi connectivity index (χ1v) is 12.0. The van der Waals surface area contributed by atoms with Gasteiger partial charge in [0.25, 0.3) is 0 Å². The zero-order chi connectivity index (χ0) is 24.2. The molecule has 1 aromatic heterocycles. The molecular formula is C26H45BrN2O. The molecule has 1 aliphatic carbocycles. The van der Waals surface area contributed by atoms with Crippen LogP contribution in [-0.2, 0) is 0 Å². The fourth-order valence-electron chi connectivity index (χ4n) is 2.00. The van der Waals surface area contributed by atoms with Crippen LogP contribution < -0.4 is 0 Å². The number of aliphatic hydroxyl groups is 1. The summed E-state index contributed by atoms with van der Waals surface area (Å²) in [7, 11) is 0. The van der Waals surface area contributed by atoms with E-state index in [2.05, 4.69) is 72.6 Å². The van der Waals surface area contributed by atoms with Crippen LogP contribution in [0.4, 0.5) is 0 Å². The molecule has 172 valence electrons. The standard InChI is InChI=1S/C17H22N2O.C3H6.C2H5Br.2C2H6/c1-13(20)15(10-11-17(2,3)4)19-12-18-14-8-6-5-7-9-16(14)19;1-3-2;1-2-3;2*1-2/h6-12,20H,5H2,1-4H3;3H,1H2,2H3;2H2,1H3;2*1-2H3/b11-10+,15-13-;;;;. The Labute approximate surface area is 195 Å². The van der Waals surface area contributed by atoms with Gasteiger partial charge in [0.1, 0.15) is 12.1 Å². The van der Waals surface area contributed by atoms with Crippen LogP contribution in [-0.4, -0.2) is 20.0 Å². The minimum Gasteiger partial charge on any atom is -0.510 e. The van der Waals surface area contributed by atoms with Crippen molar-refractivity contribution in [1.29, 1.82) is 0 Å². The maximum absolute atomic E-state index is 9.99. The summed E-state index contributed by atoms with van der Waals surface area (Å²) in [4.78, 5) is 4.41. The van der Waals surface area contributed by atoms with E-state index in [1.165, 1.54) is 0 Å². The lowest BCUT2D eigenvalue weighted by atomic mass is 9.96. The first kappa shape index (κ1) is 32.8. The van der Waals surface area contributed by atoms with E-state index in [9.17, 15) is 5.11 Å². The van der Waals surface area contributed by atoms with Crippen molar-refractivity contribution in [3.8, 4) is 0 Å². The van der Waals surface area contributed by atoms with Crippen LogP contribution in [0.3, 0.4) is 0 Å². The van der Waals surface area contributed by atoms with Crippen molar-refractivity contribution in [1.82, 2.24) is 9.55 Å². The Morgan fingerprint density at radius 3 is 2.10 bits per heavy atom. The Kier molecular flexibility index (Phi) is 22.4. The summed E-state index contributed by atoms with van der Waals surface area (Å²) in [6, 6.07) is 0. The van der Waals surface area contributed by atoms with Gasteiger partial charge in [-0.2, -0.15) is 0 Å². The van der Waals surface area contributed by atoms with Gasteiger partial charge in [-0.1, -0.05) is 95.6 Å². The second-order valence-corrected chi connectivity index (χ2v) is 7.89. The molecule has 0 saturated heterocycles. The van der Waals surface area contributed by atoms with Gasteiger partial charge in [0.15, 0.2) is 0 Å². The fraction of sp³-hybridized carbons (Fsp3) is 0.500. The Morgan fingerprint density at radius 2 is 1.67 bits per heavy atom. The first-order valence-electron chi connectivity index (χ1n) is 10.8. The van der Waals surface area contributed by atoms with E-state index in [4.69, 9.17) is 0 Å². The van der Waals surface area contributed by atoms with E-state index >= 15 is 0 Å². The lowest BCUT2D eigenvalue weighted by Gasteiger charge is -2.14. The average Bonchev–Trinajstić information content (AvgIpc) is 2.93. The summed E-state index contributed by atoms with van der Waals surface area (Å²) < 4.78 is 1.93. The quantitative estimate of drug-likeness (QED) is 0.198. The van der Waals surface area contributed by atoms with E-state index in [0.717, 1.165) is 28.8 Å². The molecule has 0 saturated carbocycles. The maximum atomic E-state index is 9.99. The van der Waals surface area contributed by atoms with Gasteiger partial charge in [-0.3, -0.25) is 4.57 Å². The topological polar surface area (TPSA) is 38.0 Å². The molecule has 1 aliphatic rings. The number of fused-ring (bicyclic) bond motifs is 1. The molecule has 0 fully saturated rings. The number of hydrogen-bond donors (Lipinski definition) is 1. The number of alkyl halides is 1. The number of hydrogen-bond acceptors (Lipinski definition) is 2. The molecule has 3 nitrogen and oxygen atoms in total. The highest BCUT2D eigenvalue weighted by atomic mass is 79.9. The van der Waals surface area contributed by atoms with Crippen molar-refractivity contribution in [2.24, 2.45) is 5.41 Å². The van der Waals surface area contributed by atoms with Crippen molar-refractivity contribution in [3.63, 3.8) is 0 Å². The van der Waals surface area contributed by atoms with Gasteiger partial charge in [0, 0.05) is 5.33 Å². The monoisotopic (exact) mass is 480 g/mol. The van der Waals surface area contributed by atoms with E-state index in [-0.39, 0.29) is 11.2 Å². The zero-order valence-corrected chi connectivity index (χ0v) is 22.5. The predicted molar refractivity (Wildman–Crippen MR) is 143 cm³/mol. The molecule has 0 unspecified atom stereocenters. The van der Waals surface area contributed by atoms with Gasteiger partial charge >= 0.3 is 0 Å². The number of aromatic nitrogens is 2. The third-order valence-electron chi connectivity index (χ3n) is 3.03. The van der Waals surface area contributed by atoms with Gasteiger partial charge in [-0.25, -0.2) is 4.98 Å². The van der Waals surface area contributed by atoms with E-state index in [1.54, 1.807) is 19.3 Å². The molecule has 0 aliphatic heterocycles. The van der Waals surface area contributed by atoms with Crippen LogP contribution in [0.1, 0.15) is 87.0 Å². The van der Waals surface area contributed by atoms with Crippen LogP contribution >= 0.6 is 15.9 Å². The second kappa shape index (κ2) is 20.5. The number of imidazole rings is 1. The highest BCUT2D eigenvalue weighted by molar-refractivity contribution is 9.09. The Balaban J connectivity index is -0.000000626. The first-order chi connectivity index (χ1) is 14.2. The third-order valence-corrected chi connectivity index (χ3v) is 3.03. The molecule has 2 rings (SSSR count). The van der Waals surface area contributed by atoms with Crippen molar-refractivity contribution in [3.05, 3.63) is 60.4 Å². The predicted octanol–water partition coefficient (Wildman–Crippen LogP) is 9.31. The van der Waals surface area contributed by atoms with Gasteiger partial charge in [0.05, 0.1) is 17.1 Å². The summed E-state index contributed by atoms with van der Waals surface area (Å²) in [5, 5.41) is 11.1. The Morgan fingerprint density at radius 1 is 1.20 bits per heavy atom. The van der Waals surface area contributed by atoms with E-state index in [1.807, 2.05) is 58.3 Å². The molecule has 0 radical (unpaired) electrons. The molecule has 1 heterocycles. The van der Waals surface area contributed by atoms with Crippen LogP contribution in [0.15, 0.2) is 49.0 Å². The second-order valence-electron chi connectivity index (χ2n) is 6.77. The van der Waals surface area contributed by atoms with Crippen LogP contribution in [0.5, 0.6) is 0 Å². The molecular weight excluding hydrogens is 436 g/mol. The van der Waals surface area contributed by atoms with Gasteiger partial charge in [-0.05, 0) is 43.9 Å². The maximum Gasteiger partial charge on any atom is 0.113 e. The molecule has 30 heavy (non-hydrogen) atoms.